The number of hydrogen-bond donors (Lipinski definition) is 0. The van der Waals surface area contributed by atoms with Crippen molar-refractivity contribution in [2.45, 2.75) is 18.4 Å². The summed E-state index contributed by atoms with van der Waals surface area (Å²) in [5.41, 5.74) is 2.78. The molecule has 0 unspecified atom stereocenters. The first-order valence-electron chi connectivity index (χ1n) is 7.42. The van der Waals surface area contributed by atoms with Crippen molar-refractivity contribution in [2.75, 3.05) is 7.05 Å². The molecule has 126 valence electrons. The number of rotatable bonds is 5. The minimum absolute atomic E-state index is 0.162. The molecule has 3 rings (SSSR count). The summed E-state index contributed by atoms with van der Waals surface area (Å²) < 4.78 is 29.9. The van der Waals surface area contributed by atoms with Crippen LogP contribution in [0.3, 0.4) is 0 Å². The molecule has 0 aliphatic carbocycles. The summed E-state index contributed by atoms with van der Waals surface area (Å²) in [6.45, 7) is 2.25. The van der Waals surface area contributed by atoms with E-state index in [9.17, 15) is 8.42 Å². The highest BCUT2D eigenvalue weighted by molar-refractivity contribution is 7.89. The maximum Gasteiger partial charge on any atom is 0.246 e. The van der Waals surface area contributed by atoms with E-state index in [1.54, 1.807) is 35.9 Å². The number of nitrogens with zero attached hydrogens (tertiary/aromatic N) is 5. The average Bonchev–Trinajstić information content (AvgIpc) is 3.17. The van der Waals surface area contributed by atoms with Gasteiger partial charge in [-0.1, -0.05) is 17.7 Å². The van der Waals surface area contributed by atoms with Crippen molar-refractivity contribution in [2.24, 2.45) is 7.05 Å². The van der Waals surface area contributed by atoms with E-state index in [-0.39, 0.29) is 11.4 Å². The maximum absolute atomic E-state index is 12.7. The van der Waals surface area contributed by atoms with Gasteiger partial charge in [0.05, 0.1) is 24.3 Å². The summed E-state index contributed by atoms with van der Waals surface area (Å²) in [6, 6.07) is 7.72. The van der Waals surface area contributed by atoms with E-state index in [0.717, 1.165) is 16.8 Å². The van der Waals surface area contributed by atoms with Gasteiger partial charge in [-0.3, -0.25) is 4.68 Å². The Bertz CT molecular complexity index is 941. The van der Waals surface area contributed by atoms with Crippen molar-refractivity contribution >= 4 is 10.0 Å². The van der Waals surface area contributed by atoms with Gasteiger partial charge in [-0.05, 0) is 19.1 Å². The summed E-state index contributed by atoms with van der Waals surface area (Å²) in [7, 11) is -0.268. The van der Waals surface area contributed by atoms with Crippen LogP contribution in [0.4, 0.5) is 0 Å². The summed E-state index contributed by atoms with van der Waals surface area (Å²) >= 11 is 0. The predicted octanol–water partition coefficient (Wildman–Crippen LogP) is 1.73. The molecule has 2 aromatic heterocycles. The number of aryl methyl sites for hydroxylation is 2. The lowest BCUT2D eigenvalue weighted by Crippen LogP contribution is -2.26. The average molecular weight is 345 g/mol. The van der Waals surface area contributed by atoms with Crippen LogP contribution in [0.25, 0.3) is 5.69 Å². The first kappa shape index (κ1) is 16.4. The smallest absolute Gasteiger partial charge is 0.246 e. The molecule has 8 heteroatoms. The normalized spacial score (nSPS) is 12.0. The molecule has 0 N–H and O–H groups in total. The van der Waals surface area contributed by atoms with E-state index in [4.69, 9.17) is 0 Å². The third kappa shape index (κ3) is 3.24. The van der Waals surface area contributed by atoms with Crippen LogP contribution in [0.1, 0.15) is 11.1 Å². The molecule has 0 saturated heterocycles. The third-order valence-corrected chi connectivity index (χ3v) is 5.49. The number of benzene rings is 1. The molecular weight excluding hydrogens is 326 g/mol. The molecule has 0 saturated carbocycles. The lowest BCUT2D eigenvalue weighted by Gasteiger charge is -2.14. The second kappa shape index (κ2) is 6.21. The Labute approximate surface area is 141 Å². The summed E-state index contributed by atoms with van der Waals surface area (Å²) in [4.78, 5) is 0.162. The molecule has 0 amide bonds. The van der Waals surface area contributed by atoms with Crippen LogP contribution in [-0.4, -0.2) is 39.3 Å². The van der Waals surface area contributed by atoms with Crippen LogP contribution < -0.4 is 0 Å². The summed E-state index contributed by atoms with van der Waals surface area (Å²) in [5.74, 6) is 0. The van der Waals surface area contributed by atoms with Gasteiger partial charge in [0.15, 0.2) is 0 Å². The Morgan fingerprint density at radius 1 is 1.08 bits per heavy atom. The van der Waals surface area contributed by atoms with Crippen molar-refractivity contribution in [3.05, 3.63) is 60.2 Å². The highest BCUT2D eigenvalue weighted by Gasteiger charge is 2.23. The van der Waals surface area contributed by atoms with E-state index in [1.807, 2.05) is 31.2 Å². The highest BCUT2D eigenvalue weighted by atomic mass is 32.2. The second-order valence-electron chi connectivity index (χ2n) is 5.74. The van der Waals surface area contributed by atoms with Crippen molar-refractivity contribution in [1.82, 2.24) is 23.9 Å². The van der Waals surface area contributed by atoms with E-state index >= 15 is 0 Å². The molecule has 2 heterocycles. The SMILES string of the molecule is Cc1ccc(-n2cc(S(=O)(=O)N(C)Cc3cnn(C)c3)cn2)cc1. The van der Waals surface area contributed by atoms with Crippen molar-refractivity contribution in [3.63, 3.8) is 0 Å². The fourth-order valence-corrected chi connectivity index (χ4v) is 3.45. The molecule has 24 heavy (non-hydrogen) atoms. The highest BCUT2D eigenvalue weighted by Crippen LogP contribution is 2.18. The largest absolute Gasteiger partial charge is 0.275 e. The zero-order chi connectivity index (χ0) is 17.3. The molecule has 0 bridgehead atoms. The zero-order valence-electron chi connectivity index (χ0n) is 13.8. The van der Waals surface area contributed by atoms with Crippen molar-refractivity contribution in [3.8, 4) is 5.69 Å². The van der Waals surface area contributed by atoms with Gasteiger partial charge in [0.2, 0.25) is 10.0 Å². The number of sulfonamides is 1. The minimum Gasteiger partial charge on any atom is -0.275 e. The van der Waals surface area contributed by atoms with E-state index < -0.39 is 10.0 Å². The maximum atomic E-state index is 12.7. The molecule has 0 atom stereocenters. The van der Waals surface area contributed by atoms with Crippen LogP contribution >= 0.6 is 0 Å². The minimum atomic E-state index is -3.61. The molecular formula is C16H19N5O2S. The van der Waals surface area contributed by atoms with Gasteiger partial charge < -0.3 is 0 Å². The lowest BCUT2D eigenvalue weighted by molar-refractivity contribution is 0.466. The Hall–Kier alpha value is -2.45. The quantitative estimate of drug-likeness (QED) is 0.706. The fourth-order valence-electron chi connectivity index (χ4n) is 2.35. The monoisotopic (exact) mass is 345 g/mol. The summed E-state index contributed by atoms with van der Waals surface area (Å²) in [6.07, 6.45) is 6.35. The molecule has 7 nitrogen and oxygen atoms in total. The lowest BCUT2D eigenvalue weighted by atomic mass is 10.2. The number of aromatic nitrogens is 4. The molecule has 1 aromatic carbocycles. The Balaban J connectivity index is 1.83. The van der Waals surface area contributed by atoms with E-state index in [0.29, 0.717) is 0 Å². The topological polar surface area (TPSA) is 73.0 Å². The van der Waals surface area contributed by atoms with Gasteiger partial charge in [-0.25, -0.2) is 13.1 Å². The molecule has 3 aromatic rings. The number of hydrogen-bond acceptors (Lipinski definition) is 4. The zero-order valence-corrected chi connectivity index (χ0v) is 14.6. The van der Waals surface area contributed by atoms with Crippen LogP contribution in [0.2, 0.25) is 0 Å². The van der Waals surface area contributed by atoms with Crippen LogP contribution in [-0.2, 0) is 23.6 Å². The van der Waals surface area contributed by atoms with E-state index in [2.05, 4.69) is 10.2 Å². The molecule has 0 radical (unpaired) electrons. The van der Waals surface area contributed by atoms with Gasteiger partial charge in [0, 0.05) is 32.4 Å². The van der Waals surface area contributed by atoms with Crippen molar-refractivity contribution in [1.29, 1.82) is 0 Å². The van der Waals surface area contributed by atoms with Gasteiger partial charge in [-0.2, -0.15) is 14.5 Å². The Morgan fingerprint density at radius 3 is 2.42 bits per heavy atom. The molecule has 0 aliphatic heterocycles. The van der Waals surface area contributed by atoms with Gasteiger partial charge in [0.25, 0.3) is 0 Å². The Kier molecular flexibility index (Phi) is 4.25. The van der Waals surface area contributed by atoms with Crippen molar-refractivity contribution < 1.29 is 8.42 Å². The fraction of sp³-hybridized carbons (Fsp3) is 0.250. The van der Waals surface area contributed by atoms with E-state index in [1.165, 1.54) is 16.7 Å². The van der Waals surface area contributed by atoms with Gasteiger partial charge in [0.1, 0.15) is 4.90 Å². The first-order valence-corrected chi connectivity index (χ1v) is 8.86. The Morgan fingerprint density at radius 2 is 1.79 bits per heavy atom. The summed E-state index contributed by atoms with van der Waals surface area (Å²) in [5, 5.41) is 8.22. The molecule has 0 spiro atoms. The third-order valence-electron chi connectivity index (χ3n) is 3.73. The predicted molar refractivity (Wildman–Crippen MR) is 90.2 cm³/mol. The van der Waals surface area contributed by atoms with Crippen LogP contribution in [0, 0.1) is 6.92 Å². The van der Waals surface area contributed by atoms with Gasteiger partial charge >= 0.3 is 0 Å². The van der Waals surface area contributed by atoms with Gasteiger partial charge in [-0.15, -0.1) is 0 Å². The molecule has 0 fully saturated rings. The first-order chi connectivity index (χ1) is 11.4. The second-order valence-corrected chi connectivity index (χ2v) is 7.78. The van der Waals surface area contributed by atoms with Crippen LogP contribution in [0.15, 0.2) is 53.9 Å². The standard InChI is InChI=1S/C16H19N5O2S/c1-13-4-6-15(7-5-13)21-12-16(9-18-21)24(22,23)20(3)11-14-8-17-19(2)10-14/h4-10,12H,11H2,1-3H3. The molecule has 0 aliphatic rings. The van der Waals surface area contributed by atoms with Crippen LogP contribution in [0.5, 0.6) is 0 Å².